The van der Waals surface area contributed by atoms with Crippen molar-refractivity contribution in [1.29, 1.82) is 0 Å². The van der Waals surface area contributed by atoms with Gasteiger partial charge in [-0.25, -0.2) is 9.78 Å². The minimum atomic E-state index is -0.816. The van der Waals surface area contributed by atoms with E-state index in [2.05, 4.69) is 9.88 Å². The summed E-state index contributed by atoms with van der Waals surface area (Å²) in [6.07, 6.45) is 7.45. The first kappa shape index (κ1) is 15.9. The molecule has 2 aliphatic heterocycles. The van der Waals surface area contributed by atoms with Crippen molar-refractivity contribution < 1.29 is 15.0 Å². The Morgan fingerprint density at radius 2 is 1.96 bits per heavy atom. The fourth-order valence-electron chi connectivity index (χ4n) is 4.93. The van der Waals surface area contributed by atoms with Crippen LogP contribution in [0.5, 0.6) is 0 Å². The molecule has 4 rings (SSSR count). The average molecular weight is 334 g/mol. The third kappa shape index (κ3) is 2.50. The van der Waals surface area contributed by atoms with Gasteiger partial charge in [0.25, 0.3) is 0 Å². The summed E-state index contributed by atoms with van der Waals surface area (Å²) < 4.78 is 1.91. The van der Waals surface area contributed by atoms with E-state index in [0.717, 1.165) is 38.2 Å². The highest BCUT2D eigenvalue weighted by Gasteiger charge is 2.52. The molecule has 1 aliphatic carbocycles. The number of carboxylic acid groups (broad SMARTS) is 1. The number of nitrogens with zero attached hydrogens (tertiary/aromatic N) is 4. The molecule has 24 heavy (non-hydrogen) atoms. The minimum absolute atomic E-state index is 0.219. The van der Waals surface area contributed by atoms with E-state index >= 15 is 0 Å². The van der Waals surface area contributed by atoms with Crippen LogP contribution >= 0.6 is 0 Å². The smallest absolute Gasteiger partial charge is 0.407 e. The van der Waals surface area contributed by atoms with E-state index in [9.17, 15) is 9.90 Å². The van der Waals surface area contributed by atoms with Crippen molar-refractivity contribution in [3.63, 3.8) is 0 Å². The van der Waals surface area contributed by atoms with Gasteiger partial charge in [0, 0.05) is 51.7 Å². The van der Waals surface area contributed by atoms with Crippen LogP contribution in [0.4, 0.5) is 4.79 Å². The SMILES string of the molecule is Cn1ccnc1C1(O)CCN(C2CC3(CCN(C(=O)O)C3)C2)CC1. The third-order valence-corrected chi connectivity index (χ3v) is 6.43. The van der Waals surface area contributed by atoms with E-state index in [0.29, 0.717) is 32.0 Å². The number of amides is 1. The monoisotopic (exact) mass is 334 g/mol. The Balaban J connectivity index is 1.32. The summed E-state index contributed by atoms with van der Waals surface area (Å²) >= 11 is 0. The molecule has 1 saturated carbocycles. The van der Waals surface area contributed by atoms with Gasteiger partial charge in [-0.15, -0.1) is 0 Å². The van der Waals surface area contributed by atoms with Gasteiger partial charge in [0.2, 0.25) is 0 Å². The summed E-state index contributed by atoms with van der Waals surface area (Å²) in [5, 5.41) is 20.1. The predicted molar refractivity (Wildman–Crippen MR) is 87.6 cm³/mol. The summed E-state index contributed by atoms with van der Waals surface area (Å²) in [5.74, 6) is 0.764. The molecule has 1 spiro atoms. The van der Waals surface area contributed by atoms with Gasteiger partial charge in [-0.05, 0) is 37.5 Å². The quantitative estimate of drug-likeness (QED) is 0.850. The molecule has 2 N–H and O–H groups in total. The first-order chi connectivity index (χ1) is 11.4. The maximum absolute atomic E-state index is 11.1. The molecule has 7 nitrogen and oxygen atoms in total. The maximum atomic E-state index is 11.1. The van der Waals surface area contributed by atoms with Crippen LogP contribution in [-0.2, 0) is 12.6 Å². The van der Waals surface area contributed by atoms with Crippen molar-refractivity contribution in [3.8, 4) is 0 Å². The number of carbonyl (C=O) groups is 1. The second-order valence-corrected chi connectivity index (χ2v) is 7.95. The number of aryl methyl sites for hydroxylation is 1. The molecule has 0 radical (unpaired) electrons. The summed E-state index contributed by atoms with van der Waals surface area (Å²) in [6, 6.07) is 0.546. The van der Waals surface area contributed by atoms with Gasteiger partial charge in [0.1, 0.15) is 11.4 Å². The lowest BCUT2D eigenvalue weighted by Crippen LogP contribution is -2.56. The van der Waals surface area contributed by atoms with E-state index in [1.807, 2.05) is 17.8 Å². The van der Waals surface area contributed by atoms with Crippen molar-refractivity contribution in [1.82, 2.24) is 19.4 Å². The highest BCUT2D eigenvalue weighted by Crippen LogP contribution is 2.51. The second-order valence-electron chi connectivity index (χ2n) is 7.95. The second kappa shape index (κ2) is 5.46. The maximum Gasteiger partial charge on any atom is 0.407 e. The van der Waals surface area contributed by atoms with Gasteiger partial charge in [-0.3, -0.25) is 0 Å². The predicted octanol–water partition coefficient (Wildman–Crippen LogP) is 1.24. The zero-order chi connectivity index (χ0) is 16.9. The lowest BCUT2D eigenvalue weighted by atomic mass is 9.64. The highest BCUT2D eigenvalue weighted by molar-refractivity contribution is 5.65. The Morgan fingerprint density at radius 3 is 2.50 bits per heavy atom. The van der Waals surface area contributed by atoms with Gasteiger partial charge < -0.3 is 24.6 Å². The van der Waals surface area contributed by atoms with Crippen molar-refractivity contribution in [2.24, 2.45) is 12.5 Å². The van der Waals surface area contributed by atoms with Crippen LogP contribution in [0, 0.1) is 5.41 Å². The number of aliphatic hydroxyl groups is 1. The Morgan fingerprint density at radius 1 is 1.25 bits per heavy atom. The Labute approximate surface area is 141 Å². The molecule has 1 aromatic rings. The van der Waals surface area contributed by atoms with E-state index in [1.54, 1.807) is 11.1 Å². The number of hydrogen-bond donors (Lipinski definition) is 2. The van der Waals surface area contributed by atoms with Crippen molar-refractivity contribution >= 4 is 6.09 Å². The van der Waals surface area contributed by atoms with Crippen LogP contribution in [0.1, 0.15) is 37.9 Å². The van der Waals surface area contributed by atoms with Crippen LogP contribution in [-0.4, -0.2) is 67.9 Å². The molecule has 7 heteroatoms. The molecule has 1 amide bonds. The van der Waals surface area contributed by atoms with E-state index < -0.39 is 11.7 Å². The van der Waals surface area contributed by atoms with Crippen LogP contribution in [0.15, 0.2) is 12.4 Å². The summed E-state index contributed by atoms with van der Waals surface area (Å²) in [4.78, 5) is 19.5. The molecule has 0 bridgehead atoms. The zero-order valence-corrected chi connectivity index (χ0v) is 14.2. The normalized spacial score (nSPS) is 32.9. The molecule has 132 valence electrons. The largest absolute Gasteiger partial charge is 0.465 e. The zero-order valence-electron chi connectivity index (χ0n) is 14.2. The van der Waals surface area contributed by atoms with Crippen LogP contribution in [0.3, 0.4) is 0 Å². The topological polar surface area (TPSA) is 81.8 Å². The fraction of sp³-hybridized carbons (Fsp3) is 0.765. The number of rotatable bonds is 2. The summed E-state index contributed by atoms with van der Waals surface area (Å²) in [7, 11) is 1.93. The van der Waals surface area contributed by atoms with Gasteiger partial charge in [-0.1, -0.05) is 0 Å². The van der Waals surface area contributed by atoms with Gasteiger partial charge in [-0.2, -0.15) is 0 Å². The Hall–Kier alpha value is -1.60. The van der Waals surface area contributed by atoms with Gasteiger partial charge in [0.15, 0.2) is 0 Å². The molecular formula is C17H26N4O3. The molecule has 2 saturated heterocycles. The highest BCUT2D eigenvalue weighted by atomic mass is 16.4. The number of imidazole rings is 1. The Kier molecular flexibility index (Phi) is 3.61. The minimum Gasteiger partial charge on any atom is -0.465 e. The third-order valence-electron chi connectivity index (χ3n) is 6.43. The molecule has 3 heterocycles. The van der Waals surface area contributed by atoms with E-state index in [1.165, 1.54) is 0 Å². The molecule has 1 aromatic heterocycles. The van der Waals surface area contributed by atoms with E-state index in [-0.39, 0.29) is 5.41 Å². The first-order valence-corrected chi connectivity index (χ1v) is 8.83. The first-order valence-electron chi connectivity index (χ1n) is 8.83. The van der Waals surface area contributed by atoms with Crippen molar-refractivity contribution in [3.05, 3.63) is 18.2 Å². The average Bonchev–Trinajstić information content (AvgIpc) is 3.13. The number of likely N-dealkylation sites (tertiary alicyclic amines) is 2. The summed E-state index contributed by atoms with van der Waals surface area (Å²) in [5.41, 5.74) is -0.597. The molecule has 0 aromatic carbocycles. The molecule has 3 aliphatic rings. The summed E-state index contributed by atoms with van der Waals surface area (Å²) in [6.45, 7) is 3.14. The van der Waals surface area contributed by atoms with Crippen LogP contribution < -0.4 is 0 Å². The van der Waals surface area contributed by atoms with E-state index in [4.69, 9.17) is 5.11 Å². The fourth-order valence-corrected chi connectivity index (χ4v) is 4.93. The molecular weight excluding hydrogens is 308 g/mol. The Bertz CT molecular complexity index is 630. The number of piperidine rings is 1. The lowest BCUT2D eigenvalue weighted by Gasteiger charge is -2.52. The van der Waals surface area contributed by atoms with Crippen LogP contribution in [0.25, 0.3) is 0 Å². The van der Waals surface area contributed by atoms with Crippen molar-refractivity contribution in [2.75, 3.05) is 26.2 Å². The molecule has 0 unspecified atom stereocenters. The number of aromatic nitrogens is 2. The molecule has 0 atom stereocenters. The van der Waals surface area contributed by atoms with Gasteiger partial charge in [0.05, 0.1) is 0 Å². The van der Waals surface area contributed by atoms with Gasteiger partial charge >= 0.3 is 6.09 Å². The van der Waals surface area contributed by atoms with Crippen molar-refractivity contribution in [2.45, 2.75) is 43.7 Å². The molecule has 3 fully saturated rings. The number of hydrogen-bond acceptors (Lipinski definition) is 4. The van der Waals surface area contributed by atoms with Crippen LogP contribution in [0.2, 0.25) is 0 Å². The lowest BCUT2D eigenvalue weighted by molar-refractivity contribution is -0.0726. The standard InChI is InChI=1S/C17H26N4O3/c1-19-9-5-18-14(19)17(24)3-7-20(8-4-17)13-10-16(11-13)2-6-21(12-16)15(22)23/h5,9,13,24H,2-4,6-8,10-12H2,1H3,(H,22,23).